The highest BCUT2D eigenvalue weighted by atomic mass is 16.6. The largest absolute Gasteiger partial charge is 0.486 e. The molecule has 1 N–H and O–H groups in total. The molecule has 4 rings (SSSR count). The number of amides is 1. The van der Waals surface area contributed by atoms with E-state index in [2.05, 4.69) is 40.6 Å². The molecule has 2 aromatic carbocycles. The van der Waals surface area contributed by atoms with Crippen LogP contribution in [0.2, 0.25) is 0 Å². The molecule has 0 unspecified atom stereocenters. The lowest BCUT2D eigenvalue weighted by Crippen LogP contribution is -2.36. The van der Waals surface area contributed by atoms with E-state index < -0.39 is 0 Å². The van der Waals surface area contributed by atoms with Gasteiger partial charge in [0.15, 0.2) is 11.5 Å². The third kappa shape index (κ3) is 3.89. The van der Waals surface area contributed by atoms with Crippen LogP contribution in [-0.4, -0.2) is 43.7 Å². The Kier molecular flexibility index (Phi) is 4.88. The molecule has 2 aromatic rings. The number of hydrogen-bond donors (Lipinski definition) is 1. The summed E-state index contributed by atoms with van der Waals surface area (Å²) >= 11 is 0. The molecule has 0 saturated heterocycles. The van der Waals surface area contributed by atoms with Crippen molar-refractivity contribution in [3.05, 3.63) is 60.2 Å². The van der Waals surface area contributed by atoms with Crippen molar-refractivity contribution >= 4 is 17.2 Å². The Bertz CT molecular complexity index is 817. The zero-order chi connectivity index (χ0) is 17.8. The minimum Gasteiger partial charge on any atom is -0.486 e. The quantitative estimate of drug-likeness (QED) is 0.920. The van der Waals surface area contributed by atoms with Crippen molar-refractivity contribution in [3.63, 3.8) is 0 Å². The Morgan fingerprint density at radius 1 is 1.04 bits per heavy atom. The monoisotopic (exact) mass is 350 g/mol. The molecule has 0 radical (unpaired) electrons. The molecule has 0 spiro atoms. The molecule has 0 aliphatic carbocycles. The van der Waals surface area contributed by atoms with Crippen LogP contribution in [0, 0.1) is 0 Å². The van der Waals surface area contributed by atoms with Gasteiger partial charge in [0.2, 0.25) is 5.91 Å². The predicted octanol–water partition coefficient (Wildman–Crippen LogP) is 3.19. The Morgan fingerprint density at radius 2 is 1.85 bits per heavy atom. The van der Waals surface area contributed by atoms with Crippen molar-refractivity contribution in [3.8, 4) is 11.5 Å². The number of carbonyl (C=O) groups excluding carboxylic acids is 1. The molecule has 0 bridgehead atoms. The van der Waals surface area contributed by atoms with Crippen molar-refractivity contribution in [2.75, 3.05) is 38.2 Å². The van der Waals surface area contributed by atoms with E-state index in [0.717, 1.165) is 30.9 Å². The number of nitrogens with one attached hydrogen (secondary N) is 1. The second-order valence-corrected chi connectivity index (χ2v) is 6.49. The molecule has 5 nitrogen and oxygen atoms in total. The van der Waals surface area contributed by atoms with Gasteiger partial charge < -0.3 is 14.8 Å². The molecule has 5 heteroatoms. The van der Waals surface area contributed by atoms with Gasteiger partial charge in [-0.2, -0.15) is 0 Å². The maximum absolute atomic E-state index is 12.4. The zero-order valence-electron chi connectivity index (χ0n) is 14.6. The van der Waals surface area contributed by atoms with Crippen LogP contribution in [0.4, 0.5) is 5.69 Å². The van der Waals surface area contributed by atoms with Gasteiger partial charge >= 0.3 is 0 Å². The number of anilines is 1. The standard InChI is InChI=1S/C21H22N2O3/c24-21(22-18-6-7-19-20(14-18)26-13-12-25-19)15-23-10-8-17(9-11-23)16-4-2-1-3-5-16/h1-8,14H,9-13,15H2,(H,22,24). The summed E-state index contributed by atoms with van der Waals surface area (Å²) in [5.41, 5.74) is 3.36. The Balaban J connectivity index is 1.32. The van der Waals surface area contributed by atoms with Crippen LogP contribution in [0.1, 0.15) is 12.0 Å². The summed E-state index contributed by atoms with van der Waals surface area (Å²) in [4.78, 5) is 14.5. The second-order valence-electron chi connectivity index (χ2n) is 6.49. The number of ether oxygens (including phenoxy) is 2. The van der Waals surface area contributed by atoms with Crippen LogP contribution < -0.4 is 14.8 Å². The SMILES string of the molecule is O=C(CN1CC=C(c2ccccc2)CC1)Nc1ccc2c(c1)OCCO2. The van der Waals surface area contributed by atoms with Crippen LogP contribution in [0.3, 0.4) is 0 Å². The van der Waals surface area contributed by atoms with E-state index in [1.165, 1.54) is 11.1 Å². The number of rotatable bonds is 4. The van der Waals surface area contributed by atoms with Gasteiger partial charge in [-0.15, -0.1) is 0 Å². The van der Waals surface area contributed by atoms with E-state index in [9.17, 15) is 4.79 Å². The number of hydrogen-bond acceptors (Lipinski definition) is 4. The van der Waals surface area contributed by atoms with Gasteiger partial charge in [0.25, 0.3) is 0 Å². The van der Waals surface area contributed by atoms with Gasteiger partial charge in [0.1, 0.15) is 13.2 Å². The lowest BCUT2D eigenvalue weighted by atomic mass is 10.00. The van der Waals surface area contributed by atoms with Crippen molar-refractivity contribution in [2.24, 2.45) is 0 Å². The maximum Gasteiger partial charge on any atom is 0.238 e. The van der Waals surface area contributed by atoms with Crippen molar-refractivity contribution in [1.29, 1.82) is 0 Å². The fourth-order valence-corrected chi connectivity index (χ4v) is 3.29. The lowest BCUT2D eigenvalue weighted by molar-refractivity contribution is -0.117. The van der Waals surface area contributed by atoms with Gasteiger partial charge in [-0.3, -0.25) is 9.69 Å². The van der Waals surface area contributed by atoms with E-state index in [1.54, 1.807) is 0 Å². The van der Waals surface area contributed by atoms with Gasteiger partial charge in [0, 0.05) is 24.8 Å². The average Bonchev–Trinajstić information content (AvgIpc) is 2.69. The van der Waals surface area contributed by atoms with Gasteiger partial charge in [-0.1, -0.05) is 36.4 Å². The average molecular weight is 350 g/mol. The summed E-state index contributed by atoms with van der Waals surface area (Å²) in [5.74, 6) is 1.39. The summed E-state index contributed by atoms with van der Waals surface area (Å²) in [7, 11) is 0. The summed E-state index contributed by atoms with van der Waals surface area (Å²) in [6, 6.07) is 15.9. The van der Waals surface area contributed by atoms with E-state index in [0.29, 0.717) is 25.5 Å². The fourth-order valence-electron chi connectivity index (χ4n) is 3.29. The minimum atomic E-state index is -0.0155. The van der Waals surface area contributed by atoms with Crippen molar-refractivity contribution in [2.45, 2.75) is 6.42 Å². The van der Waals surface area contributed by atoms with Gasteiger partial charge in [0.05, 0.1) is 6.54 Å². The van der Waals surface area contributed by atoms with Crippen LogP contribution in [0.25, 0.3) is 5.57 Å². The smallest absolute Gasteiger partial charge is 0.238 e. The van der Waals surface area contributed by atoms with E-state index in [-0.39, 0.29) is 5.91 Å². The Hall–Kier alpha value is -2.79. The van der Waals surface area contributed by atoms with Crippen molar-refractivity contribution < 1.29 is 14.3 Å². The van der Waals surface area contributed by atoms with Crippen LogP contribution in [0.5, 0.6) is 11.5 Å². The van der Waals surface area contributed by atoms with E-state index in [4.69, 9.17) is 9.47 Å². The molecule has 0 atom stereocenters. The number of fused-ring (bicyclic) bond motifs is 1. The zero-order valence-corrected chi connectivity index (χ0v) is 14.6. The van der Waals surface area contributed by atoms with Crippen LogP contribution in [0.15, 0.2) is 54.6 Å². The van der Waals surface area contributed by atoms with E-state index >= 15 is 0 Å². The summed E-state index contributed by atoms with van der Waals surface area (Å²) in [6.45, 7) is 3.15. The highest BCUT2D eigenvalue weighted by Gasteiger charge is 2.17. The first-order chi connectivity index (χ1) is 12.8. The first-order valence-electron chi connectivity index (χ1n) is 8.94. The summed E-state index contributed by atoms with van der Waals surface area (Å²) < 4.78 is 11.1. The highest BCUT2D eigenvalue weighted by Crippen LogP contribution is 2.32. The van der Waals surface area contributed by atoms with Crippen LogP contribution >= 0.6 is 0 Å². The molecule has 0 aromatic heterocycles. The third-order valence-electron chi connectivity index (χ3n) is 4.63. The number of carbonyl (C=O) groups is 1. The van der Waals surface area contributed by atoms with Gasteiger partial charge in [-0.25, -0.2) is 0 Å². The minimum absolute atomic E-state index is 0.0155. The molecule has 2 heterocycles. The lowest BCUT2D eigenvalue weighted by Gasteiger charge is -2.26. The molecule has 26 heavy (non-hydrogen) atoms. The second kappa shape index (κ2) is 7.62. The molecule has 0 fully saturated rings. The highest BCUT2D eigenvalue weighted by molar-refractivity contribution is 5.92. The molecule has 134 valence electrons. The number of benzene rings is 2. The predicted molar refractivity (Wildman–Crippen MR) is 102 cm³/mol. The normalized spacial score (nSPS) is 16.7. The first-order valence-corrected chi connectivity index (χ1v) is 8.94. The topological polar surface area (TPSA) is 50.8 Å². The molecule has 1 amide bonds. The molecule has 2 aliphatic rings. The summed E-state index contributed by atoms with van der Waals surface area (Å²) in [6.07, 6.45) is 3.18. The molecule has 0 saturated carbocycles. The molecule has 2 aliphatic heterocycles. The van der Waals surface area contributed by atoms with E-state index in [1.807, 2.05) is 24.3 Å². The van der Waals surface area contributed by atoms with Crippen LogP contribution in [-0.2, 0) is 4.79 Å². The third-order valence-corrected chi connectivity index (χ3v) is 4.63. The molecular formula is C21H22N2O3. The first kappa shape index (κ1) is 16.7. The number of nitrogens with zero attached hydrogens (tertiary/aromatic N) is 1. The maximum atomic E-state index is 12.4. The van der Waals surface area contributed by atoms with Gasteiger partial charge in [-0.05, 0) is 29.7 Å². The Labute approximate surface area is 153 Å². The molecular weight excluding hydrogens is 328 g/mol. The fraction of sp³-hybridized carbons (Fsp3) is 0.286. The Morgan fingerprint density at radius 3 is 2.62 bits per heavy atom. The van der Waals surface area contributed by atoms with Crippen molar-refractivity contribution in [1.82, 2.24) is 4.90 Å². The summed E-state index contributed by atoms with van der Waals surface area (Å²) in [5, 5.41) is 2.95.